The summed E-state index contributed by atoms with van der Waals surface area (Å²) in [6.07, 6.45) is -3.63. The quantitative estimate of drug-likeness (QED) is 0.781. The second-order valence-corrected chi connectivity index (χ2v) is 5.01. The molecule has 0 amide bonds. The number of nitrogens with one attached hydrogen (secondary N) is 1. The number of aromatic nitrogens is 5. The predicted octanol–water partition coefficient (Wildman–Crippen LogP) is 3.25. The molecule has 10 heteroatoms. The van der Waals surface area contributed by atoms with E-state index < -0.39 is 17.9 Å². The first-order valence-corrected chi connectivity index (χ1v) is 6.88. The first-order chi connectivity index (χ1) is 11.9. The number of ether oxygens (including phenoxy) is 1. The standard InChI is InChI=1S/C15H9F3N6O/c1-8-4-9(13-11(7-19)22-24-23-13)6-10(5-8)25-14-20-3-2-12(21-14)15(16,17)18/h2-6H,1H3,(H,22,23,24). The van der Waals surface area contributed by atoms with Gasteiger partial charge in [0.25, 0.3) is 0 Å². The Kier molecular flexibility index (Phi) is 4.06. The van der Waals surface area contributed by atoms with Crippen LogP contribution in [0.1, 0.15) is 17.0 Å². The predicted molar refractivity (Wildman–Crippen MR) is 78.4 cm³/mol. The zero-order valence-electron chi connectivity index (χ0n) is 12.7. The van der Waals surface area contributed by atoms with Crippen LogP contribution in [0.25, 0.3) is 11.3 Å². The highest BCUT2D eigenvalue weighted by Gasteiger charge is 2.33. The highest BCUT2D eigenvalue weighted by Crippen LogP contribution is 2.30. The van der Waals surface area contributed by atoms with Gasteiger partial charge in [0.05, 0.1) is 0 Å². The fourth-order valence-corrected chi connectivity index (χ4v) is 2.10. The van der Waals surface area contributed by atoms with Gasteiger partial charge in [-0.1, -0.05) is 5.21 Å². The Balaban J connectivity index is 1.96. The molecule has 2 aromatic heterocycles. The van der Waals surface area contributed by atoms with E-state index in [1.807, 2.05) is 6.07 Å². The normalized spacial score (nSPS) is 11.2. The maximum Gasteiger partial charge on any atom is 0.433 e. The lowest BCUT2D eigenvalue weighted by molar-refractivity contribution is -0.141. The van der Waals surface area contributed by atoms with Crippen molar-refractivity contribution in [2.24, 2.45) is 0 Å². The minimum Gasteiger partial charge on any atom is -0.424 e. The van der Waals surface area contributed by atoms with Crippen molar-refractivity contribution in [2.45, 2.75) is 13.1 Å². The van der Waals surface area contributed by atoms with Gasteiger partial charge in [-0.2, -0.15) is 23.4 Å². The molecule has 0 radical (unpaired) electrons. The zero-order chi connectivity index (χ0) is 18.0. The minimum atomic E-state index is -4.60. The molecule has 0 spiro atoms. The number of nitrogens with zero attached hydrogens (tertiary/aromatic N) is 5. The second kappa shape index (κ2) is 6.20. The van der Waals surface area contributed by atoms with Gasteiger partial charge in [-0.3, -0.25) is 0 Å². The summed E-state index contributed by atoms with van der Waals surface area (Å²) in [6, 6.07) is 7.07. The van der Waals surface area contributed by atoms with Crippen molar-refractivity contribution < 1.29 is 17.9 Å². The van der Waals surface area contributed by atoms with Crippen LogP contribution in [0.4, 0.5) is 13.2 Å². The van der Waals surface area contributed by atoms with Crippen molar-refractivity contribution in [2.75, 3.05) is 0 Å². The number of aromatic amines is 1. The second-order valence-electron chi connectivity index (χ2n) is 5.01. The number of halogens is 3. The van der Waals surface area contributed by atoms with Crippen LogP contribution in [0.5, 0.6) is 11.8 Å². The van der Waals surface area contributed by atoms with Crippen molar-refractivity contribution >= 4 is 0 Å². The van der Waals surface area contributed by atoms with Gasteiger partial charge < -0.3 is 4.74 Å². The molecule has 0 aliphatic heterocycles. The van der Waals surface area contributed by atoms with Crippen LogP contribution < -0.4 is 4.74 Å². The lowest BCUT2D eigenvalue weighted by Crippen LogP contribution is -2.08. The van der Waals surface area contributed by atoms with Gasteiger partial charge in [0, 0.05) is 11.8 Å². The van der Waals surface area contributed by atoms with Gasteiger partial charge in [-0.05, 0) is 36.8 Å². The average molecular weight is 346 g/mol. The molecule has 2 heterocycles. The molecule has 1 aromatic carbocycles. The van der Waals surface area contributed by atoms with Gasteiger partial charge in [0.15, 0.2) is 11.4 Å². The van der Waals surface area contributed by atoms with E-state index in [-0.39, 0.29) is 11.4 Å². The molecule has 0 saturated carbocycles. The summed E-state index contributed by atoms with van der Waals surface area (Å²) < 4.78 is 43.5. The minimum absolute atomic E-state index is 0.159. The van der Waals surface area contributed by atoms with Crippen molar-refractivity contribution in [1.82, 2.24) is 25.4 Å². The average Bonchev–Trinajstić information content (AvgIpc) is 3.02. The fourth-order valence-electron chi connectivity index (χ4n) is 2.10. The third-order valence-electron chi connectivity index (χ3n) is 3.12. The van der Waals surface area contributed by atoms with E-state index in [2.05, 4.69) is 25.4 Å². The fraction of sp³-hybridized carbons (Fsp3) is 0.133. The SMILES string of the molecule is Cc1cc(Oc2nccc(C(F)(F)F)n2)cc(-c2nn[nH]c2C#N)c1. The van der Waals surface area contributed by atoms with Crippen LogP contribution >= 0.6 is 0 Å². The molecule has 126 valence electrons. The van der Waals surface area contributed by atoms with Crippen LogP contribution in [0.15, 0.2) is 30.5 Å². The number of hydrogen-bond donors (Lipinski definition) is 1. The Hall–Kier alpha value is -3.48. The molecule has 0 fully saturated rings. The van der Waals surface area contributed by atoms with E-state index >= 15 is 0 Å². The van der Waals surface area contributed by atoms with Crippen LogP contribution in [0, 0.1) is 18.3 Å². The van der Waals surface area contributed by atoms with Crippen LogP contribution in [-0.4, -0.2) is 25.4 Å². The highest BCUT2D eigenvalue weighted by molar-refractivity contribution is 5.66. The number of H-pyrrole nitrogens is 1. The molecule has 1 N–H and O–H groups in total. The summed E-state index contributed by atoms with van der Waals surface area (Å²) in [7, 11) is 0. The van der Waals surface area contributed by atoms with E-state index in [1.54, 1.807) is 19.1 Å². The summed E-state index contributed by atoms with van der Waals surface area (Å²) >= 11 is 0. The maximum atomic E-state index is 12.7. The van der Waals surface area contributed by atoms with Crippen LogP contribution in [-0.2, 0) is 6.18 Å². The molecule has 3 rings (SSSR count). The Morgan fingerprint density at radius 1 is 1.24 bits per heavy atom. The number of aryl methyl sites for hydroxylation is 1. The molecule has 0 aliphatic rings. The highest BCUT2D eigenvalue weighted by atomic mass is 19.4. The molecule has 0 atom stereocenters. The third kappa shape index (κ3) is 3.55. The molecule has 0 aliphatic carbocycles. The third-order valence-corrected chi connectivity index (χ3v) is 3.12. The van der Waals surface area contributed by atoms with Crippen molar-refractivity contribution in [3.05, 3.63) is 47.4 Å². The molecule has 0 unspecified atom stereocenters. The molecular weight excluding hydrogens is 337 g/mol. The molecule has 7 nitrogen and oxygen atoms in total. The van der Waals surface area contributed by atoms with Gasteiger partial charge in [-0.25, -0.2) is 10.1 Å². The maximum absolute atomic E-state index is 12.7. The van der Waals surface area contributed by atoms with E-state index in [9.17, 15) is 13.2 Å². The molecule has 3 aromatic rings. The number of nitriles is 1. The largest absolute Gasteiger partial charge is 0.433 e. The van der Waals surface area contributed by atoms with Gasteiger partial charge >= 0.3 is 12.2 Å². The number of alkyl halides is 3. The first kappa shape index (κ1) is 16.4. The van der Waals surface area contributed by atoms with Gasteiger partial charge in [-0.15, -0.1) is 5.10 Å². The Morgan fingerprint density at radius 2 is 2.04 bits per heavy atom. The van der Waals surface area contributed by atoms with E-state index in [0.717, 1.165) is 17.8 Å². The molecule has 0 saturated heterocycles. The summed E-state index contributed by atoms with van der Waals surface area (Å²) in [5, 5.41) is 18.9. The Labute approximate surface area is 139 Å². The monoisotopic (exact) mass is 346 g/mol. The van der Waals surface area contributed by atoms with Gasteiger partial charge in [0.1, 0.15) is 17.5 Å². The lowest BCUT2D eigenvalue weighted by atomic mass is 10.1. The Bertz CT molecular complexity index is 960. The topological polar surface area (TPSA) is 100 Å². The van der Waals surface area contributed by atoms with Gasteiger partial charge in [0.2, 0.25) is 0 Å². The molecule has 0 bridgehead atoms. The number of benzene rings is 1. The smallest absolute Gasteiger partial charge is 0.424 e. The van der Waals surface area contributed by atoms with E-state index in [0.29, 0.717) is 11.3 Å². The van der Waals surface area contributed by atoms with E-state index in [4.69, 9.17) is 10.00 Å². The summed E-state index contributed by atoms with van der Waals surface area (Å²) in [5.41, 5.74) is 0.625. The van der Waals surface area contributed by atoms with Crippen LogP contribution in [0.3, 0.4) is 0 Å². The number of hydrogen-bond acceptors (Lipinski definition) is 6. The first-order valence-electron chi connectivity index (χ1n) is 6.88. The van der Waals surface area contributed by atoms with Crippen molar-refractivity contribution in [3.63, 3.8) is 0 Å². The summed E-state index contributed by atoms with van der Waals surface area (Å²) in [5.74, 6) is 0.209. The molecular formula is C15H9F3N6O. The van der Waals surface area contributed by atoms with Crippen molar-refractivity contribution in [1.29, 1.82) is 5.26 Å². The summed E-state index contributed by atoms with van der Waals surface area (Å²) in [6.45, 7) is 1.76. The van der Waals surface area contributed by atoms with Crippen molar-refractivity contribution in [3.8, 4) is 29.1 Å². The zero-order valence-corrected chi connectivity index (χ0v) is 12.7. The number of rotatable bonds is 3. The summed E-state index contributed by atoms with van der Waals surface area (Å²) in [4.78, 5) is 7.03. The molecule has 25 heavy (non-hydrogen) atoms. The Morgan fingerprint density at radius 3 is 2.76 bits per heavy atom. The van der Waals surface area contributed by atoms with E-state index in [1.165, 1.54) is 6.07 Å². The lowest BCUT2D eigenvalue weighted by Gasteiger charge is -2.09. The van der Waals surface area contributed by atoms with Crippen LogP contribution in [0.2, 0.25) is 0 Å².